The van der Waals surface area contributed by atoms with Crippen LogP contribution < -0.4 is 10.6 Å². The Balaban J connectivity index is 2.96. The van der Waals surface area contributed by atoms with Crippen molar-refractivity contribution in [1.29, 1.82) is 0 Å². The topological polar surface area (TPSA) is 58.2 Å². The molecule has 0 saturated heterocycles. The van der Waals surface area contributed by atoms with E-state index >= 15 is 0 Å². The lowest BCUT2D eigenvalue weighted by Crippen LogP contribution is -2.46. The summed E-state index contributed by atoms with van der Waals surface area (Å²) in [6, 6.07) is 6.04. The molecule has 0 saturated carbocycles. The van der Waals surface area contributed by atoms with Gasteiger partial charge in [-0.3, -0.25) is 9.59 Å². The number of hydrogen-bond acceptors (Lipinski definition) is 2. The van der Waals surface area contributed by atoms with Crippen LogP contribution in [-0.2, 0) is 22.4 Å². The summed E-state index contributed by atoms with van der Waals surface area (Å²) in [5.74, 6) is -0.157. The van der Waals surface area contributed by atoms with Gasteiger partial charge in [-0.2, -0.15) is 0 Å². The minimum atomic E-state index is -1.11. The van der Waals surface area contributed by atoms with Crippen LogP contribution in [0.1, 0.15) is 52.7 Å². The van der Waals surface area contributed by atoms with Gasteiger partial charge in [0.25, 0.3) is 0 Å². The molecule has 23 heavy (non-hydrogen) atoms. The number of rotatable bonds is 7. The SMILES string of the molecule is CCc1cccc(CC)c1NC(=O)C(C)(C)C(=O)NCC(C)C. The quantitative estimate of drug-likeness (QED) is 0.755. The standard InChI is InChI=1S/C19H30N2O2/c1-7-14-10-9-11-15(8-2)16(14)21-18(23)19(5,6)17(22)20-12-13(3)4/h9-11,13H,7-8,12H2,1-6H3,(H,20,22)(H,21,23). The first kappa shape index (κ1) is 19.2. The molecule has 0 bridgehead atoms. The minimum absolute atomic E-state index is 0.240. The highest BCUT2D eigenvalue weighted by Crippen LogP contribution is 2.26. The van der Waals surface area contributed by atoms with Gasteiger partial charge in [0.05, 0.1) is 0 Å². The van der Waals surface area contributed by atoms with Crippen LogP contribution in [0.4, 0.5) is 5.69 Å². The molecule has 0 aliphatic heterocycles. The molecule has 0 aliphatic carbocycles. The number of carbonyl (C=O) groups is 2. The fraction of sp³-hybridized carbons (Fsp3) is 0.579. The second kappa shape index (κ2) is 8.14. The van der Waals surface area contributed by atoms with E-state index in [1.54, 1.807) is 13.8 Å². The van der Waals surface area contributed by atoms with Gasteiger partial charge in [0.1, 0.15) is 5.41 Å². The molecule has 0 spiro atoms. The van der Waals surface area contributed by atoms with E-state index in [0.717, 1.165) is 29.7 Å². The molecule has 4 heteroatoms. The summed E-state index contributed by atoms with van der Waals surface area (Å²) in [4.78, 5) is 25.0. The third-order valence-corrected chi connectivity index (χ3v) is 4.04. The summed E-state index contributed by atoms with van der Waals surface area (Å²) < 4.78 is 0. The van der Waals surface area contributed by atoms with E-state index in [1.807, 2.05) is 32.0 Å². The van der Waals surface area contributed by atoms with E-state index < -0.39 is 5.41 Å². The number of anilines is 1. The Kier molecular flexibility index (Phi) is 6.79. The molecule has 1 rings (SSSR count). The van der Waals surface area contributed by atoms with Crippen molar-refractivity contribution in [3.63, 3.8) is 0 Å². The van der Waals surface area contributed by atoms with Crippen molar-refractivity contribution in [3.05, 3.63) is 29.3 Å². The summed E-state index contributed by atoms with van der Waals surface area (Å²) in [7, 11) is 0. The van der Waals surface area contributed by atoms with Crippen LogP contribution in [0.5, 0.6) is 0 Å². The fourth-order valence-electron chi connectivity index (χ4n) is 2.29. The second-order valence-corrected chi connectivity index (χ2v) is 6.84. The number of benzene rings is 1. The third kappa shape index (κ3) is 4.81. The largest absolute Gasteiger partial charge is 0.355 e. The van der Waals surface area contributed by atoms with E-state index in [9.17, 15) is 9.59 Å². The molecule has 0 unspecified atom stereocenters. The van der Waals surface area contributed by atoms with Gasteiger partial charge in [0, 0.05) is 12.2 Å². The van der Waals surface area contributed by atoms with Crippen LogP contribution in [0.15, 0.2) is 18.2 Å². The average Bonchev–Trinajstić information content (AvgIpc) is 2.52. The summed E-state index contributed by atoms with van der Waals surface area (Å²) in [6.07, 6.45) is 1.67. The van der Waals surface area contributed by atoms with Gasteiger partial charge in [-0.05, 0) is 43.7 Å². The van der Waals surface area contributed by atoms with Crippen molar-refractivity contribution < 1.29 is 9.59 Å². The maximum absolute atomic E-state index is 12.7. The zero-order valence-electron chi connectivity index (χ0n) is 15.2. The lowest BCUT2D eigenvalue weighted by atomic mass is 9.90. The highest BCUT2D eigenvalue weighted by molar-refractivity contribution is 6.10. The molecular formula is C19H30N2O2. The van der Waals surface area contributed by atoms with Gasteiger partial charge in [-0.1, -0.05) is 45.9 Å². The van der Waals surface area contributed by atoms with E-state index in [0.29, 0.717) is 12.5 Å². The van der Waals surface area contributed by atoms with Gasteiger partial charge < -0.3 is 10.6 Å². The highest BCUT2D eigenvalue weighted by atomic mass is 16.2. The maximum atomic E-state index is 12.7. The van der Waals surface area contributed by atoms with Crippen LogP contribution in [0.25, 0.3) is 0 Å². The van der Waals surface area contributed by atoms with E-state index in [4.69, 9.17) is 0 Å². The normalized spacial score (nSPS) is 11.4. The molecule has 0 heterocycles. The van der Waals surface area contributed by atoms with Crippen LogP contribution >= 0.6 is 0 Å². The molecule has 2 amide bonds. The zero-order chi connectivity index (χ0) is 17.6. The Labute approximate surface area is 140 Å². The van der Waals surface area contributed by atoms with E-state index in [-0.39, 0.29) is 11.8 Å². The molecule has 0 atom stereocenters. The number of para-hydroxylation sites is 1. The van der Waals surface area contributed by atoms with Crippen molar-refractivity contribution in [2.75, 3.05) is 11.9 Å². The molecular weight excluding hydrogens is 288 g/mol. The first-order valence-corrected chi connectivity index (χ1v) is 8.44. The highest BCUT2D eigenvalue weighted by Gasteiger charge is 2.36. The minimum Gasteiger partial charge on any atom is -0.355 e. The van der Waals surface area contributed by atoms with Crippen LogP contribution in [0.3, 0.4) is 0 Å². The van der Waals surface area contributed by atoms with Gasteiger partial charge in [-0.25, -0.2) is 0 Å². The number of hydrogen-bond donors (Lipinski definition) is 2. The Bertz CT molecular complexity index is 540. The summed E-state index contributed by atoms with van der Waals surface area (Å²) in [5.41, 5.74) is 1.93. The first-order valence-electron chi connectivity index (χ1n) is 8.44. The molecule has 1 aromatic rings. The molecule has 1 aromatic carbocycles. The Morgan fingerprint density at radius 2 is 1.57 bits per heavy atom. The smallest absolute Gasteiger partial charge is 0.239 e. The Morgan fingerprint density at radius 1 is 1.04 bits per heavy atom. The molecule has 0 radical (unpaired) electrons. The number of amides is 2. The zero-order valence-corrected chi connectivity index (χ0v) is 15.2. The van der Waals surface area contributed by atoms with Gasteiger partial charge in [0.2, 0.25) is 11.8 Å². The predicted octanol–water partition coefficient (Wildman–Crippen LogP) is 3.55. The summed E-state index contributed by atoms with van der Waals surface area (Å²) >= 11 is 0. The second-order valence-electron chi connectivity index (χ2n) is 6.84. The van der Waals surface area contributed by atoms with Gasteiger partial charge in [-0.15, -0.1) is 0 Å². The molecule has 0 aromatic heterocycles. The lowest BCUT2D eigenvalue weighted by Gasteiger charge is -2.25. The third-order valence-electron chi connectivity index (χ3n) is 4.04. The average molecular weight is 318 g/mol. The number of aryl methyl sites for hydroxylation is 2. The predicted molar refractivity (Wildman–Crippen MR) is 95.5 cm³/mol. The Morgan fingerprint density at radius 3 is 2.00 bits per heavy atom. The summed E-state index contributed by atoms with van der Waals surface area (Å²) in [5, 5.41) is 5.84. The fourth-order valence-corrected chi connectivity index (χ4v) is 2.29. The Hall–Kier alpha value is -1.84. The molecule has 0 aliphatic rings. The van der Waals surface area contributed by atoms with Gasteiger partial charge in [0.15, 0.2) is 0 Å². The lowest BCUT2D eigenvalue weighted by molar-refractivity contribution is -0.138. The van der Waals surface area contributed by atoms with E-state index in [1.165, 1.54) is 0 Å². The van der Waals surface area contributed by atoms with Crippen molar-refractivity contribution in [3.8, 4) is 0 Å². The summed E-state index contributed by atoms with van der Waals surface area (Å²) in [6.45, 7) is 12.1. The van der Waals surface area contributed by atoms with Crippen molar-refractivity contribution >= 4 is 17.5 Å². The van der Waals surface area contributed by atoms with Gasteiger partial charge >= 0.3 is 0 Å². The van der Waals surface area contributed by atoms with Crippen molar-refractivity contribution in [2.45, 2.75) is 54.4 Å². The van der Waals surface area contributed by atoms with Crippen molar-refractivity contribution in [2.24, 2.45) is 11.3 Å². The number of nitrogens with one attached hydrogen (secondary N) is 2. The van der Waals surface area contributed by atoms with E-state index in [2.05, 4.69) is 24.5 Å². The molecule has 0 fully saturated rings. The van der Waals surface area contributed by atoms with Crippen molar-refractivity contribution in [1.82, 2.24) is 5.32 Å². The molecule has 128 valence electrons. The van der Waals surface area contributed by atoms with Crippen LogP contribution in [-0.4, -0.2) is 18.4 Å². The van der Waals surface area contributed by atoms with Crippen LogP contribution in [0.2, 0.25) is 0 Å². The first-order chi connectivity index (χ1) is 10.7. The maximum Gasteiger partial charge on any atom is 0.239 e. The molecule has 4 nitrogen and oxygen atoms in total. The molecule has 2 N–H and O–H groups in total. The monoisotopic (exact) mass is 318 g/mol. The number of carbonyl (C=O) groups excluding carboxylic acids is 2. The van der Waals surface area contributed by atoms with Crippen LogP contribution in [0, 0.1) is 11.3 Å².